The number of aliphatic hydroxyl groups excluding tert-OH is 1. The summed E-state index contributed by atoms with van der Waals surface area (Å²) in [7, 11) is 0. The van der Waals surface area contributed by atoms with E-state index in [1.807, 2.05) is 0 Å². The van der Waals surface area contributed by atoms with E-state index in [-0.39, 0.29) is 12.1 Å². The Bertz CT molecular complexity index is 289. The van der Waals surface area contributed by atoms with Gasteiger partial charge in [0.15, 0.2) is 0 Å². The SMILES string of the molecule is CC(C)NC(C)(CO)CCN1CCCC1C1CCCC1. The largest absolute Gasteiger partial charge is 0.394 e. The number of aliphatic hydroxyl groups is 1. The highest BCUT2D eigenvalue weighted by Crippen LogP contribution is 2.35. The van der Waals surface area contributed by atoms with E-state index in [2.05, 4.69) is 31.0 Å². The van der Waals surface area contributed by atoms with Gasteiger partial charge in [0.25, 0.3) is 0 Å². The Morgan fingerprint density at radius 2 is 1.90 bits per heavy atom. The number of likely N-dealkylation sites (tertiary alicyclic amines) is 1. The van der Waals surface area contributed by atoms with Gasteiger partial charge in [0.05, 0.1) is 6.61 Å². The zero-order valence-electron chi connectivity index (χ0n) is 13.7. The van der Waals surface area contributed by atoms with Crippen molar-refractivity contribution >= 4 is 0 Å². The Morgan fingerprint density at radius 1 is 1.20 bits per heavy atom. The smallest absolute Gasteiger partial charge is 0.0611 e. The van der Waals surface area contributed by atoms with Gasteiger partial charge in [0, 0.05) is 24.2 Å². The van der Waals surface area contributed by atoms with Crippen molar-refractivity contribution in [1.29, 1.82) is 0 Å². The highest BCUT2D eigenvalue weighted by molar-refractivity contribution is 4.90. The molecule has 2 atom stereocenters. The van der Waals surface area contributed by atoms with Gasteiger partial charge in [-0.15, -0.1) is 0 Å². The molecular formula is C17H34N2O. The molecule has 2 N–H and O–H groups in total. The Hall–Kier alpha value is -0.120. The minimum Gasteiger partial charge on any atom is -0.394 e. The van der Waals surface area contributed by atoms with Crippen LogP contribution in [-0.2, 0) is 0 Å². The molecule has 118 valence electrons. The summed E-state index contributed by atoms with van der Waals surface area (Å²) in [5.41, 5.74) is -0.128. The maximum atomic E-state index is 9.70. The Morgan fingerprint density at radius 3 is 2.50 bits per heavy atom. The summed E-state index contributed by atoms with van der Waals surface area (Å²) in [6.45, 7) is 9.11. The predicted molar refractivity (Wildman–Crippen MR) is 84.9 cm³/mol. The van der Waals surface area contributed by atoms with Crippen LogP contribution >= 0.6 is 0 Å². The molecule has 0 amide bonds. The van der Waals surface area contributed by atoms with Crippen molar-refractivity contribution in [2.75, 3.05) is 19.7 Å². The van der Waals surface area contributed by atoms with Crippen LogP contribution in [0.2, 0.25) is 0 Å². The van der Waals surface area contributed by atoms with E-state index < -0.39 is 0 Å². The highest BCUT2D eigenvalue weighted by atomic mass is 16.3. The van der Waals surface area contributed by atoms with E-state index in [9.17, 15) is 5.11 Å². The standard InChI is InChI=1S/C17H34N2O/c1-14(2)18-17(3,13-20)10-12-19-11-6-9-16(19)15-7-4-5-8-15/h14-16,18,20H,4-13H2,1-3H3. The zero-order chi connectivity index (χ0) is 14.6. The molecule has 2 unspecified atom stereocenters. The lowest BCUT2D eigenvalue weighted by Crippen LogP contribution is -2.51. The summed E-state index contributed by atoms with van der Waals surface area (Å²) >= 11 is 0. The second kappa shape index (κ2) is 7.24. The molecule has 0 spiro atoms. The molecule has 1 heterocycles. The van der Waals surface area contributed by atoms with E-state index in [1.54, 1.807) is 0 Å². The first-order chi connectivity index (χ1) is 9.54. The van der Waals surface area contributed by atoms with Crippen molar-refractivity contribution in [3.8, 4) is 0 Å². The topological polar surface area (TPSA) is 35.5 Å². The lowest BCUT2D eigenvalue weighted by Gasteiger charge is -2.35. The molecule has 20 heavy (non-hydrogen) atoms. The van der Waals surface area contributed by atoms with Crippen LogP contribution in [0.4, 0.5) is 0 Å². The predicted octanol–water partition coefficient (Wildman–Crippen LogP) is 2.78. The first-order valence-electron chi connectivity index (χ1n) is 8.67. The van der Waals surface area contributed by atoms with Crippen molar-refractivity contribution in [2.24, 2.45) is 5.92 Å². The number of hydrogen-bond donors (Lipinski definition) is 2. The summed E-state index contributed by atoms with van der Waals surface area (Å²) < 4.78 is 0. The quantitative estimate of drug-likeness (QED) is 0.754. The summed E-state index contributed by atoms with van der Waals surface area (Å²) in [6, 6.07) is 1.26. The molecule has 1 saturated heterocycles. The third-order valence-electron chi connectivity index (χ3n) is 5.30. The molecule has 1 aliphatic heterocycles. The summed E-state index contributed by atoms with van der Waals surface area (Å²) in [5.74, 6) is 0.955. The van der Waals surface area contributed by atoms with Crippen LogP contribution in [0, 0.1) is 5.92 Å². The van der Waals surface area contributed by atoms with Gasteiger partial charge in [-0.3, -0.25) is 0 Å². The molecule has 2 fully saturated rings. The lowest BCUT2D eigenvalue weighted by molar-refractivity contribution is 0.122. The molecular weight excluding hydrogens is 248 g/mol. The molecule has 1 saturated carbocycles. The van der Waals surface area contributed by atoms with Gasteiger partial charge < -0.3 is 15.3 Å². The normalized spacial score (nSPS) is 28.4. The average Bonchev–Trinajstić information content (AvgIpc) is 3.06. The van der Waals surface area contributed by atoms with Gasteiger partial charge >= 0.3 is 0 Å². The number of hydrogen-bond acceptors (Lipinski definition) is 3. The van der Waals surface area contributed by atoms with Gasteiger partial charge in [-0.2, -0.15) is 0 Å². The Labute approximate surface area is 125 Å². The fraction of sp³-hybridized carbons (Fsp3) is 1.00. The van der Waals surface area contributed by atoms with Crippen molar-refractivity contribution in [1.82, 2.24) is 10.2 Å². The molecule has 0 bridgehead atoms. The fourth-order valence-corrected chi connectivity index (χ4v) is 4.29. The van der Waals surface area contributed by atoms with Crippen molar-refractivity contribution < 1.29 is 5.11 Å². The number of rotatable bonds is 7. The van der Waals surface area contributed by atoms with Gasteiger partial charge in [0.1, 0.15) is 0 Å². The van der Waals surface area contributed by atoms with Crippen LogP contribution in [-0.4, -0.2) is 47.3 Å². The van der Waals surface area contributed by atoms with E-state index in [0.29, 0.717) is 6.04 Å². The highest BCUT2D eigenvalue weighted by Gasteiger charge is 2.34. The van der Waals surface area contributed by atoms with Gasteiger partial charge in [-0.1, -0.05) is 26.7 Å². The molecule has 0 aromatic heterocycles. The molecule has 2 rings (SSSR count). The molecule has 0 radical (unpaired) electrons. The van der Waals surface area contributed by atoms with Crippen molar-refractivity contribution in [3.05, 3.63) is 0 Å². The minimum atomic E-state index is -0.128. The zero-order valence-corrected chi connectivity index (χ0v) is 13.7. The van der Waals surface area contributed by atoms with E-state index in [0.717, 1.165) is 24.9 Å². The molecule has 3 nitrogen and oxygen atoms in total. The third kappa shape index (κ3) is 4.19. The van der Waals surface area contributed by atoms with E-state index >= 15 is 0 Å². The van der Waals surface area contributed by atoms with Crippen LogP contribution in [0.1, 0.15) is 65.7 Å². The van der Waals surface area contributed by atoms with Crippen LogP contribution in [0.25, 0.3) is 0 Å². The van der Waals surface area contributed by atoms with Crippen LogP contribution in [0.3, 0.4) is 0 Å². The Balaban J connectivity index is 1.85. The monoisotopic (exact) mass is 282 g/mol. The van der Waals surface area contributed by atoms with E-state index in [4.69, 9.17) is 0 Å². The fourth-order valence-electron chi connectivity index (χ4n) is 4.29. The van der Waals surface area contributed by atoms with Crippen LogP contribution < -0.4 is 5.32 Å². The Kier molecular flexibility index (Phi) is 5.88. The van der Waals surface area contributed by atoms with Crippen LogP contribution in [0.5, 0.6) is 0 Å². The summed E-state index contributed by atoms with van der Waals surface area (Å²) in [5, 5.41) is 13.2. The average molecular weight is 282 g/mol. The second-order valence-electron chi connectivity index (χ2n) is 7.56. The summed E-state index contributed by atoms with van der Waals surface area (Å²) in [4.78, 5) is 2.71. The van der Waals surface area contributed by atoms with Gasteiger partial charge in [-0.25, -0.2) is 0 Å². The molecule has 0 aromatic rings. The van der Waals surface area contributed by atoms with E-state index in [1.165, 1.54) is 45.1 Å². The molecule has 0 aromatic carbocycles. The van der Waals surface area contributed by atoms with Gasteiger partial charge in [-0.05, 0) is 51.5 Å². The van der Waals surface area contributed by atoms with Crippen LogP contribution in [0.15, 0.2) is 0 Å². The number of nitrogens with one attached hydrogen (secondary N) is 1. The molecule has 2 aliphatic rings. The number of nitrogens with zero attached hydrogens (tertiary/aromatic N) is 1. The van der Waals surface area contributed by atoms with Crippen molar-refractivity contribution in [2.45, 2.75) is 83.3 Å². The maximum Gasteiger partial charge on any atom is 0.0611 e. The minimum absolute atomic E-state index is 0.128. The summed E-state index contributed by atoms with van der Waals surface area (Å²) in [6.07, 6.45) is 9.60. The first kappa shape index (κ1) is 16.3. The molecule has 3 heteroatoms. The second-order valence-corrected chi connectivity index (χ2v) is 7.56. The third-order valence-corrected chi connectivity index (χ3v) is 5.30. The molecule has 1 aliphatic carbocycles. The first-order valence-corrected chi connectivity index (χ1v) is 8.67. The van der Waals surface area contributed by atoms with Gasteiger partial charge in [0.2, 0.25) is 0 Å². The van der Waals surface area contributed by atoms with Crippen molar-refractivity contribution in [3.63, 3.8) is 0 Å². The lowest BCUT2D eigenvalue weighted by atomic mass is 9.94. The maximum absolute atomic E-state index is 9.70.